The fraction of sp³-hybridized carbons (Fsp3) is 0.500. The zero-order chi connectivity index (χ0) is 10.7. The van der Waals surface area contributed by atoms with Crippen LogP contribution in [0.2, 0.25) is 0 Å². The molecule has 0 saturated heterocycles. The minimum absolute atomic E-state index is 0.368. The van der Waals surface area contributed by atoms with Gasteiger partial charge in [0.05, 0.1) is 12.3 Å². The Balaban J connectivity index is 2.04. The lowest BCUT2D eigenvalue weighted by atomic mass is 10.2. The molecule has 15 heavy (non-hydrogen) atoms. The van der Waals surface area contributed by atoms with Crippen LogP contribution in [0.1, 0.15) is 19.2 Å². The van der Waals surface area contributed by atoms with Gasteiger partial charge in [0, 0.05) is 6.42 Å². The standard InChI is InChI=1S/C8H11N5O2/c1-5(14)2-3-7-10-8(12-15-7)6-4-9-13-11-6/h4-5,14H,2-3H2,1H3,(H,9,11,13). The van der Waals surface area contributed by atoms with Gasteiger partial charge >= 0.3 is 0 Å². The molecule has 2 heterocycles. The van der Waals surface area contributed by atoms with Crippen LogP contribution in [0.3, 0.4) is 0 Å². The molecule has 0 saturated carbocycles. The summed E-state index contributed by atoms with van der Waals surface area (Å²) in [6.07, 6.45) is 2.30. The van der Waals surface area contributed by atoms with Crippen LogP contribution in [0.15, 0.2) is 10.7 Å². The molecule has 0 aromatic carbocycles. The van der Waals surface area contributed by atoms with Crippen molar-refractivity contribution in [3.63, 3.8) is 0 Å². The summed E-state index contributed by atoms with van der Waals surface area (Å²) in [6, 6.07) is 0. The summed E-state index contributed by atoms with van der Waals surface area (Å²) in [4.78, 5) is 4.11. The average Bonchev–Trinajstić information content (AvgIpc) is 2.85. The highest BCUT2D eigenvalue weighted by Gasteiger charge is 2.11. The topological polar surface area (TPSA) is 101 Å². The molecule has 0 aliphatic rings. The van der Waals surface area contributed by atoms with Gasteiger partial charge in [-0.2, -0.15) is 20.4 Å². The number of nitrogens with zero attached hydrogens (tertiary/aromatic N) is 4. The molecular weight excluding hydrogens is 198 g/mol. The molecular formula is C8H11N5O2. The van der Waals surface area contributed by atoms with E-state index in [1.807, 2.05) is 0 Å². The van der Waals surface area contributed by atoms with E-state index in [9.17, 15) is 0 Å². The molecule has 0 spiro atoms. The number of hydrogen-bond acceptors (Lipinski definition) is 6. The van der Waals surface area contributed by atoms with Crippen molar-refractivity contribution in [2.24, 2.45) is 0 Å². The van der Waals surface area contributed by atoms with Gasteiger partial charge in [0.25, 0.3) is 0 Å². The van der Waals surface area contributed by atoms with Gasteiger partial charge < -0.3 is 9.63 Å². The van der Waals surface area contributed by atoms with Crippen LogP contribution in [-0.2, 0) is 6.42 Å². The highest BCUT2D eigenvalue weighted by molar-refractivity contribution is 5.44. The number of rotatable bonds is 4. The van der Waals surface area contributed by atoms with Crippen molar-refractivity contribution in [1.29, 1.82) is 0 Å². The van der Waals surface area contributed by atoms with Crippen molar-refractivity contribution in [3.8, 4) is 11.5 Å². The molecule has 0 bridgehead atoms. The molecule has 0 fully saturated rings. The van der Waals surface area contributed by atoms with Gasteiger partial charge in [-0.3, -0.25) is 0 Å². The van der Waals surface area contributed by atoms with Crippen molar-refractivity contribution in [2.45, 2.75) is 25.9 Å². The zero-order valence-corrected chi connectivity index (χ0v) is 8.21. The maximum Gasteiger partial charge on any atom is 0.227 e. The van der Waals surface area contributed by atoms with Crippen molar-refractivity contribution in [2.75, 3.05) is 0 Å². The first kappa shape index (κ1) is 9.78. The third-order valence-electron chi connectivity index (χ3n) is 1.89. The van der Waals surface area contributed by atoms with Gasteiger partial charge in [-0.05, 0) is 13.3 Å². The molecule has 0 aliphatic carbocycles. The first-order valence-electron chi connectivity index (χ1n) is 4.62. The minimum Gasteiger partial charge on any atom is -0.393 e. The van der Waals surface area contributed by atoms with E-state index in [1.54, 1.807) is 6.92 Å². The van der Waals surface area contributed by atoms with Crippen LogP contribution in [0, 0.1) is 0 Å². The van der Waals surface area contributed by atoms with E-state index >= 15 is 0 Å². The van der Waals surface area contributed by atoms with E-state index < -0.39 is 0 Å². The number of H-pyrrole nitrogens is 1. The van der Waals surface area contributed by atoms with Crippen LogP contribution in [-0.4, -0.2) is 36.8 Å². The molecule has 0 aliphatic heterocycles. The Morgan fingerprint density at radius 2 is 2.47 bits per heavy atom. The predicted molar refractivity (Wildman–Crippen MR) is 49.7 cm³/mol. The van der Waals surface area contributed by atoms with E-state index in [2.05, 4.69) is 25.6 Å². The van der Waals surface area contributed by atoms with Crippen LogP contribution >= 0.6 is 0 Å². The predicted octanol–water partition coefficient (Wildman–Crippen LogP) is 0.168. The van der Waals surface area contributed by atoms with E-state index in [1.165, 1.54) is 6.20 Å². The van der Waals surface area contributed by atoms with E-state index in [4.69, 9.17) is 9.63 Å². The molecule has 1 atom stereocenters. The first-order chi connectivity index (χ1) is 7.25. The minimum atomic E-state index is -0.368. The Morgan fingerprint density at radius 3 is 3.13 bits per heavy atom. The highest BCUT2D eigenvalue weighted by atomic mass is 16.5. The Bertz CT molecular complexity index is 408. The molecule has 2 aromatic rings. The second kappa shape index (κ2) is 4.18. The molecule has 7 nitrogen and oxygen atoms in total. The molecule has 7 heteroatoms. The zero-order valence-electron chi connectivity index (χ0n) is 8.21. The molecule has 80 valence electrons. The van der Waals surface area contributed by atoms with Crippen molar-refractivity contribution in [1.82, 2.24) is 25.6 Å². The number of hydrogen-bond donors (Lipinski definition) is 2. The van der Waals surface area contributed by atoms with Crippen LogP contribution in [0.4, 0.5) is 0 Å². The molecule has 0 amide bonds. The number of aryl methyl sites for hydroxylation is 1. The molecule has 2 N–H and O–H groups in total. The summed E-state index contributed by atoms with van der Waals surface area (Å²) in [5.74, 6) is 0.901. The summed E-state index contributed by atoms with van der Waals surface area (Å²) in [5, 5.41) is 22.8. The molecule has 1 unspecified atom stereocenters. The largest absolute Gasteiger partial charge is 0.393 e. The smallest absolute Gasteiger partial charge is 0.227 e. The molecule has 0 radical (unpaired) electrons. The summed E-state index contributed by atoms with van der Waals surface area (Å²) < 4.78 is 4.98. The summed E-state index contributed by atoms with van der Waals surface area (Å²) in [6.45, 7) is 1.72. The lowest BCUT2D eigenvalue weighted by molar-refractivity contribution is 0.180. The molecule has 2 aromatic heterocycles. The fourth-order valence-corrected chi connectivity index (χ4v) is 1.10. The lowest BCUT2D eigenvalue weighted by Crippen LogP contribution is -2.01. The van der Waals surface area contributed by atoms with Gasteiger partial charge in [0.15, 0.2) is 5.69 Å². The number of aliphatic hydroxyl groups excluding tert-OH is 1. The summed E-state index contributed by atoms with van der Waals surface area (Å²) >= 11 is 0. The van der Waals surface area contributed by atoms with E-state index in [0.717, 1.165) is 0 Å². The lowest BCUT2D eigenvalue weighted by Gasteiger charge is -1.97. The Kier molecular flexibility index (Phi) is 2.72. The maximum absolute atomic E-state index is 9.09. The molecule has 2 rings (SSSR count). The van der Waals surface area contributed by atoms with Gasteiger partial charge in [0.2, 0.25) is 11.7 Å². The normalized spacial score (nSPS) is 12.9. The third-order valence-corrected chi connectivity index (χ3v) is 1.89. The number of aliphatic hydroxyl groups is 1. The Labute approximate surface area is 85.5 Å². The first-order valence-corrected chi connectivity index (χ1v) is 4.62. The van der Waals surface area contributed by atoms with Gasteiger partial charge in [-0.1, -0.05) is 5.16 Å². The second-order valence-corrected chi connectivity index (χ2v) is 3.25. The number of aromatic amines is 1. The van der Waals surface area contributed by atoms with Crippen LogP contribution in [0.5, 0.6) is 0 Å². The fourth-order valence-electron chi connectivity index (χ4n) is 1.10. The maximum atomic E-state index is 9.09. The monoisotopic (exact) mass is 209 g/mol. The van der Waals surface area contributed by atoms with Gasteiger partial charge in [-0.15, -0.1) is 0 Å². The third kappa shape index (κ3) is 2.38. The highest BCUT2D eigenvalue weighted by Crippen LogP contribution is 2.11. The van der Waals surface area contributed by atoms with Gasteiger partial charge in [0.1, 0.15) is 0 Å². The Morgan fingerprint density at radius 1 is 1.60 bits per heavy atom. The van der Waals surface area contributed by atoms with Crippen molar-refractivity contribution >= 4 is 0 Å². The summed E-state index contributed by atoms with van der Waals surface area (Å²) in [5.41, 5.74) is 0.544. The Hall–Kier alpha value is -1.76. The second-order valence-electron chi connectivity index (χ2n) is 3.25. The van der Waals surface area contributed by atoms with Gasteiger partial charge in [-0.25, -0.2) is 0 Å². The number of aromatic nitrogens is 5. The van der Waals surface area contributed by atoms with E-state index in [-0.39, 0.29) is 6.10 Å². The SMILES string of the molecule is CC(O)CCc1nc(-c2cn[nH]n2)no1. The van der Waals surface area contributed by atoms with Crippen molar-refractivity contribution in [3.05, 3.63) is 12.1 Å². The van der Waals surface area contributed by atoms with Crippen LogP contribution in [0.25, 0.3) is 11.5 Å². The average molecular weight is 209 g/mol. The van der Waals surface area contributed by atoms with Crippen LogP contribution < -0.4 is 0 Å². The van der Waals surface area contributed by atoms with Crippen molar-refractivity contribution < 1.29 is 9.63 Å². The summed E-state index contributed by atoms with van der Waals surface area (Å²) in [7, 11) is 0. The number of nitrogens with one attached hydrogen (secondary N) is 1. The van der Waals surface area contributed by atoms with E-state index in [0.29, 0.717) is 30.3 Å². The quantitative estimate of drug-likeness (QED) is 0.744.